The van der Waals surface area contributed by atoms with Gasteiger partial charge in [-0.05, 0) is 68.9 Å². The maximum atomic E-state index is 13.9. The molecule has 0 saturated carbocycles. The van der Waals surface area contributed by atoms with Gasteiger partial charge >= 0.3 is 0 Å². The summed E-state index contributed by atoms with van der Waals surface area (Å²) < 4.78 is 1.60. The van der Waals surface area contributed by atoms with Gasteiger partial charge in [0.05, 0.1) is 21.7 Å². The van der Waals surface area contributed by atoms with E-state index in [1.807, 2.05) is 32.0 Å². The van der Waals surface area contributed by atoms with Crippen molar-refractivity contribution >= 4 is 62.2 Å². The Balaban J connectivity index is 1.53. The summed E-state index contributed by atoms with van der Waals surface area (Å²) in [6, 6.07) is 9.92. The summed E-state index contributed by atoms with van der Waals surface area (Å²) in [6.07, 6.45) is 3.97. The molecule has 190 valence electrons. The molecule has 2 aromatic heterocycles. The van der Waals surface area contributed by atoms with Crippen LogP contribution in [0.15, 0.2) is 46.3 Å². The number of carbonyl (C=O) groups is 1. The molecule has 1 N–H and O–H groups in total. The average molecular weight is 555 g/mol. The van der Waals surface area contributed by atoms with E-state index in [4.69, 9.17) is 16.6 Å². The van der Waals surface area contributed by atoms with Crippen LogP contribution in [0.2, 0.25) is 5.02 Å². The number of nitro benzene ring substituents is 1. The van der Waals surface area contributed by atoms with Gasteiger partial charge in [0.1, 0.15) is 10.5 Å². The van der Waals surface area contributed by atoms with Crippen LogP contribution in [0, 0.1) is 24.0 Å². The van der Waals surface area contributed by atoms with Crippen LogP contribution in [0.1, 0.15) is 34.4 Å². The molecule has 0 unspecified atom stereocenters. The standard InChI is InChI=1S/C26H23ClN4O4S2/c1-14-7-10-19(15(2)11-14)30-25(33)23-17-5-3-4-6-21(17)37-24(23)29-26(30)36-13-22(32)28-18-9-8-16(27)12-20(18)31(34)35/h7-12H,3-6,13H2,1-2H3,(H,28,32). The van der Waals surface area contributed by atoms with Crippen molar-refractivity contribution in [1.29, 1.82) is 0 Å². The largest absolute Gasteiger partial charge is 0.320 e. The number of amides is 1. The van der Waals surface area contributed by atoms with Crippen molar-refractivity contribution in [3.05, 3.63) is 83.5 Å². The smallest absolute Gasteiger partial charge is 0.294 e. The maximum Gasteiger partial charge on any atom is 0.294 e. The first kappa shape index (κ1) is 25.4. The second kappa shape index (κ2) is 10.3. The molecule has 37 heavy (non-hydrogen) atoms. The van der Waals surface area contributed by atoms with Crippen molar-refractivity contribution in [1.82, 2.24) is 9.55 Å². The normalized spacial score (nSPS) is 12.9. The van der Waals surface area contributed by atoms with Gasteiger partial charge < -0.3 is 5.32 Å². The van der Waals surface area contributed by atoms with Gasteiger partial charge in [0.25, 0.3) is 11.2 Å². The number of fused-ring (bicyclic) bond motifs is 3. The molecule has 1 aliphatic rings. The Morgan fingerprint density at radius 2 is 2.00 bits per heavy atom. The Bertz CT molecular complexity index is 1630. The molecule has 0 spiro atoms. The van der Waals surface area contributed by atoms with Crippen LogP contribution in [0.3, 0.4) is 0 Å². The SMILES string of the molecule is Cc1ccc(-n2c(SCC(=O)Nc3ccc(Cl)cc3[N+](=O)[O-])nc3sc4c(c3c2=O)CCCC4)c(C)c1. The molecule has 8 nitrogen and oxygen atoms in total. The van der Waals surface area contributed by atoms with Crippen LogP contribution in [0.5, 0.6) is 0 Å². The van der Waals surface area contributed by atoms with Crippen LogP contribution in [-0.4, -0.2) is 26.1 Å². The summed E-state index contributed by atoms with van der Waals surface area (Å²) in [5, 5.41) is 15.2. The van der Waals surface area contributed by atoms with E-state index in [9.17, 15) is 19.7 Å². The van der Waals surface area contributed by atoms with Gasteiger partial charge in [0.15, 0.2) is 5.16 Å². The summed E-state index contributed by atoms with van der Waals surface area (Å²) in [6.45, 7) is 3.94. The highest BCUT2D eigenvalue weighted by Crippen LogP contribution is 2.36. The van der Waals surface area contributed by atoms with E-state index < -0.39 is 10.8 Å². The zero-order chi connectivity index (χ0) is 26.3. The van der Waals surface area contributed by atoms with Crippen LogP contribution in [0.4, 0.5) is 11.4 Å². The number of nitrogens with one attached hydrogen (secondary N) is 1. The molecule has 0 saturated heterocycles. The molecular formula is C26H23ClN4O4S2. The number of aromatic nitrogens is 2. The fourth-order valence-electron chi connectivity index (χ4n) is 4.63. The number of hydrogen-bond donors (Lipinski definition) is 1. The lowest BCUT2D eigenvalue weighted by Crippen LogP contribution is -2.24. The molecule has 1 aliphatic carbocycles. The Labute approximate surface area is 225 Å². The summed E-state index contributed by atoms with van der Waals surface area (Å²) in [5.74, 6) is -0.546. The average Bonchev–Trinajstić information content (AvgIpc) is 3.23. The number of rotatable bonds is 6. The predicted octanol–water partition coefficient (Wildman–Crippen LogP) is 6.24. The fourth-order valence-corrected chi connectivity index (χ4v) is 6.90. The zero-order valence-electron chi connectivity index (χ0n) is 20.2. The third kappa shape index (κ3) is 5.01. The number of nitro groups is 1. The molecule has 1 amide bonds. The lowest BCUT2D eigenvalue weighted by atomic mass is 9.97. The summed E-state index contributed by atoms with van der Waals surface area (Å²) in [5.41, 5.74) is 3.46. The number of thiophene rings is 1. The number of anilines is 1. The number of carbonyl (C=O) groups excluding carboxylic acids is 1. The topological polar surface area (TPSA) is 107 Å². The predicted molar refractivity (Wildman–Crippen MR) is 149 cm³/mol. The van der Waals surface area contributed by atoms with Gasteiger partial charge in [0.2, 0.25) is 5.91 Å². The summed E-state index contributed by atoms with van der Waals surface area (Å²) in [4.78, 5) is 44.3. The van der Waals surface area contributed by atoms with Gasteiger partial charge in [-0.25, -0.2) is 4.98 Å². The van der Waals surface area contributed by atoms with E-state index >= 15 is 0 Å². The first-order valence-corrected chi connectivity index (χ1v) is 13.9. The Morgan fingerprint density at radius 3 is 2.76 bits per heavy atom. The van der Waals surface area contributed by atoms with E-state index in [2.05, 4.69) is 5.32 Å². The first-order valence-electron chi connectivity index (χ1n) is 11.7. The molecule has 11 heteroatoms. The highest BCUT2D eigenvalue weighted by Gasteiger charge is 2.24. The molecule has 0 aliphatic heterocycles. The fraction of sp³-hybridized carbons (Fsp3) is 0.269. The highest BCUT2D eigenvalue weighted by molar-refractivity contribution is 7.99. The van der Waals surface area contributed by atoms with E-state index in [1.54, 1.807) is 15.9 Å². The highest BCUT2D eigenvalue weighted by atomic mass is 35.5. The number of halogens is 1. The Hall–Kier alpha value is -3.21. The molecule has 5 rings (SSSR count). The second-order valence-electron chi connectivity index (χ2n) is 8.97. The lowest BCUT2D eigenvalue weighted by Gasteiger charge is -2.15. The van der Waals surface area contributed by atoms with Gasteiger partial charge in [-0.1, -0.05) is 41.1 Å². The van der Waals surface area contributed by atoms with Crippen molar-refractivity contribution in [3.63, 3.8) is 0 Å². The maximum absolute atomic E-state index is 13.9. The molecule has 2 aromatic carbocycles. The number of nitrogens with zero attached hydrogens (tertiary/aromatic N) is 3. The minimum absolute atomic E-state index is 0.0566. The Morgan fingerprint density at radius 1 is 1.22 bits per heavy atom. The van der Waals surface area contributed by atoms with Gasteiger partial charge in [0, 0.05) is 16.0 Å². The molecular weight excluding hydrogens is 532 g/mol. The van der Waals surface area contributed by atoms with Crippen molar-refractivity contribution in [3.8, 4) is 5.69 Å². The third-order valence-electron chi connectivity index (χ3n) is 6.31. The van der Waals surface area contributed by atoms with Gasteiger partial charge in [-0.3, -0.25) is 24.3 Å². The number of thioether (sulfide) groups is 1. The van der Waals surface area contributed by atoms with E-state index in [0.29, 0.717) is 15.4 Å². The van der Waals surface area contributed by atoms with Crippen LogP contribution in [-0.2, 0) is 17.6 Å². The van der Waals surface area contributed by atoms with Gasteiger partial charge in [-0.15, -0.1) is 11.3 Å². The van der Waals surface area contributed by atoms with Crippen LogP contribution in [0.25, 0.3) is 15.9 Å². The minimum atomic E-state index is -0.597. The second-order valence-corrected chi connectivity index (χ2v) is 11.4. The number of hydrogen-bond acceptors (Lipinski definition) is 7. The molecule has 4 aromatic rings. The number of aryl methyl sites for hydroxylation is 4. The summed E-state index contributed by atoms with van der Waals surface area (Å²) in [7, 11) is 0. The van der Waals surface area contributed by atoms with Crippen molar-refractivity contribution in [2.75, 3.05) is 11.1 Å². The van der Waals surface area contributed by atoms with Crippen molar-refractivity contribution < 1.29 is 9.72 Å². The quantitative estimate of drug-likeness (QED) is 0.131. The monoisotopic (exact) mass is 554 g/mol. The molecule has 2 heterocycles. The summed E-state index contributed by atoms with van der Waals surface area (Å²) >= 11 is 8.56. The van der Waals surface area contributed by atoms with Crippen molar-refractivity contribution in [2.45, 2.75) is 44.7 Å². The van der Waals surface area contributed by atoms with Crippen molar-refractivity contribution in [2.24, 2.45) is 0 Å². The lowest BCUT2D eigenvalue weighted by molar-refractivity contribution is -0.383. The Kier molecular flexibility index (Phi) is 7.06. The van der Waals surface area contributed by atoms with E-state index in [1.165, 1.54) is 23.1 Å². The zero-order valence-corrected chi connectivity index (χ0v) is 22.6. The molecule has 0 atom stereocenters. The first-order chi connectivity index (χ1) is 17.7. The van der Waals surface area contributed by atoms with E-state index in [0.717, 1.165) is 59.8 Å². The van der Waals surface area contributed by atoms with Crippen LogP contribution >= 0.6 is 34.7 Å². The minimum Gasteiger partial charge on any atom is -0.320 e. The number of benzene rings is 2. The van der Waals surface area contributed by atoms with Crippen LogP contribution < -0.4 is 10.9 Å². The molecule has 0 bridgehead atoms. The van der Waals surface area contributed by atoms with Gasteiger partial charge in [-0.2, -0.15) is 0 Å². The van der Waals surface area contributed by atoms with E-state index in [-0.39, 0.29) is 27.7 Å². The molecule has 0 radical (unpaired) electrons. The third-order valence-corrected chi connectivity index (χ3v) is 8.67. The molecule has 0 fully saturated rings.